The van der Waals surface area contributed by atoms with Gasteiger partial charge in [0.1, 0.15) is 5.03 Å². The summed E-state index contributed by atoms with van der Waals surface area (Å²) in [7, 11) is 0. The normalized spacial score (nSPS) is 11.8. The van der Waals surface area contributed by atoms with Crippen molar-refractivity contribution in [3.8, 4) is 10.8 Å². The maximum Gasteiger partial charge on any atom is 0.445 e. The zero-order valence-corrected chi connectivity index (χ0v) is 10.9. The second-order valence-electron chi connectivity index (χ2n) is 3.30. The first kappa shape index (κ1) is 13.2. The summed E-state index contributed by atoms with van der Waals surface area (Å²) in [5, 5.41) is 6.36. The molecular weight excluding hydrogens is 285 g/mol. The molecule has 2 aromatic rings. The third-order valence-corrected chi connectivity index (χ3v) is 3.74. The quantitative estimate of drug-likeness (QED) is 0.629. The third kappa shape index (κ3) is 2.61. The Kier molecular flexibility index (Phi) is 3.53. The fraction of sp³-hybridized carbons (Fsp3) is 0.333. The lowest BCUT2D eigenvalue weighted by Crippen LogP contribution is -2.03. The Hall–Kier alpha value is -1.22. The van der Waals surface area contributed by atoms with E-state index in [2.05, 4.69) is 20.2 Å². The van der Waals surface area contributed by atoms with Crippen LogP contribution in [-0.2, 0) is 6.18 Å². The van der Waals surface area contributed by atoms with E-state index < -0.39 is 11.2 Å². The van der Waals surface area contributed by atoms with Gasteiger partial charge in [-0.3, -0.25) is 0 Å². The van der Waals surface area contributed by atoms with E-state index in [1.807, 2.05) is 13.2 Å². The number of thioether (sulfide) groups is 1. The van der Waals surface area contributed by atoms with Gasteiger partial charge < -0.3 is 0 Å². The molecule has 0 fully saturated rings. The fourth-order valence-corrected chi connectivity index (χ4v) is 2.37. The van der Waals surface area contributed by atoms with Gasteiger partial charge in [0.2, 0.25) is 5.01 Å². The summed E-state index contributed by atoms with van der Waals surface area (Å²) in [6.45, 7) is 1.83. The number of aryl methyl sites for hydroxylation is 1. The van der Waals surface area contributed by atoms with Crippen molar-refractivity contribution in [3.63, 3.8) is 0 Å². The highest BCUT2D eigenvalue weighted by molar-refractivity contribution is 7.98. The predicted octanol–water partition coefficient (Wildman–Crippen LogP) is 3.04. The lowest BCUT2D eigenvalue weighted by atomic mass is 10.4. The Morgan fingerprint density at radius 1 is 1.28 bits per heavy atom. The molecular formula is C9H7F3N4S2. The molecule has 0 aliphatic carbocycles. The zero-order valence-electron chi connectivity index (χ0n) is 9.32. The number of hydrogen-bond donors (Lipinski definition) is 0. The van der Waals surface area contributed by atoms with E-state index in [1.165, 1.54) is 11.8 Å². The van der Waals surface area contributed by atoms with E-state index in [1.54, 1.807) is 6.20 Å². The monoisotopic (exact) mass is 292 g/mol. The molecule has 2 aromatic heterocycles. The van der Waals surface area contributed by atoms with E-state index in [-0.39, 0.29) is 10.8 Å². The van der Waals surface area contributed by atoms with Crippen LogP contribution in [-0.4, -0.2) is 26.4 Å². The molecule has 0 spiro atoms. The molecule has 0 radical (unpaired) electrons. The van der Waals surface area contributed by atoms with E-state index >= 15 is 0 Å². The van der Waals surface area contributed by atoms with Gasteiger partial charge in [-0.2, -0.15) is 13.2 Å². The number of nitrogens with zero attached hydrogens (tertiary/aromatic N) is 4. The van der Waals surface area contributed by atoms with Crippen molar-refractivity contribution in [3.05, 3.63) is 16.8 Å². The van der Waals surface area contributed by atoms with Crippen molar-refractivity contribution >= 4 is 23.1 Å². The summed E-state index contributed by atoms with van der Waals surface area (Å²) >= 11 is 1.84. The number of halogens is 3. The van der Waals surface area contributed by atoms with Crippen LogP contribution in [0.25, 0.3) is 10.8 Å². The van der Waals surface area contributed by atoms with Crippen LogP contribution in [0.2, 0.25) is 0 Å². The number of aromatic nitrogens is 4. The number of hydrogen-bond acceptors (Lipinski definition) is 6. The average Bonchev–Trinajstić information content (AvgIpc) is 2.78. The van der Waals surface area contributed by atoms with Crippen LogP contribution in [0.4, 0.5) is 13.2 Å². The molecule has 0 aliphatic rings. The van der Waals surface area contributed by atoms with Gasteiger partial charge >= 0.3 is 6.18 Å². The van der Waals surface area contributed by atoms with Crippen molar-refractivity contribution in [2.24, 2.45) is 0 Å². The average molecular weight is 292 g/mol. The Balaban J connectivity index is 2.40. The van der Waals surface area contributed by atoms with Crippen molar-refractivity contribution < 1.29 is 13.2 Å². The number of alkyl halides is 3. The third-order valence-electron chi connectivity index (χ3n) is 1.98. The second kappa shape index (κ2) is 4.81. The molecule has 0 bridgehead atoms. The summed E-state index contributed by atoms with van der Waals surface area (Å²) in [6, 6.07) is 0. The summed E-state index contributed by atoms with van der Waals surface area (Å²) in [5.74, 6) is 0.165. The van der Waals surface area contributed by atoms with Gasteiger partial charge in [0, 0.05) is 6.20 Å². The first-order valence-electron chi connectivity index (χ1n) is 4.70. The highest BCUT2D eigenvalue weighted by Crippen LogP contribution is 2.34. The largest absolute Gasteiger partial charge is 0.445 e. The van der Waals surface area contributed by atoms with Crippen LogP contribution in [0.15, 0.2) is 11.2 Å². The lowest BCUT2D eigenvalue weighted by Gasteiger charge is -2.01. The van der Waals surface area contributed by atoms with Gasteiger partial charge in [0.05, 0.1) is 0 Å². The van der Waals surface area contributed by atoms with Crippen LogP contribution >= 0.6 is 23.1 Å². The lowest BCUT2D eigenvalue weighted by molar-refractivity contribution is -0.138. The Bertz CT molecular complexity index is 567. The van der Waals surface area contributed by atoms with Crippen molar-refractivity contribution in [1.82, 2.24) is 20.2 Å². The highest BCUT2D eigenvalue weighted by Gasteiger charge is 2.36. The second-order valence-corrected chi connectivity index (χ2v) is 5.07. The van der Waals surface area contributed by atoms with Gasteiger partial charge in [-0.1, -0.05) is 11.3 Å². The molecule has 0 saturated heterocycles. The molecule has 18 heavy (non-hydrogen) atoms. The van der Waals surface area contributed by atoms with Crippen LogP contribution in [0.1, 0.15) is 10.6 Å². The number of rotatable bonds is 2. The summed E-state index contributed by atoms with van der Waals surface area (Å²) < 4.78 is 37.2. The molecule has 2 heterocycles. The van der Waals surface area contributed by atoms with Crippen molar-refractivity contribution in [2.45, 2.75) is 18.1 Å². The molecule has 0 atom stereocenters. The predicted molar refractivity (Wildman–Crippen MR) is 62.5 cm³/mol. The summed E-state index contributed by atoms with van der Waals surface area (Å²) in [6.07, 6.45) is -1.09. The minimum absolute atomic E-state index is 0.0672. The topological polar surface area (TPSA) is 51.6 Å². The van der Waals surface area contributed by atoms with E-state index in [0.717, 1.165) is 5.56 Å². The molecule has 2 rings (SSSR count). The molecule has 0 aliphatic heterocycles. The van der Waals surface area contributed by atoms with E-state index in [4.69, 9.17) is 0 Å². The summed E-state index contributed by atoms with van der Waals surface area (Å²) in [5.41, 5.74) is 0.867. The standard InChI is InChI=1S/C9H7F3N4S2/c1-4-3-13-5(14-6(4)17-2)7-15-16-8(18-7)9(10,11)12/h3H,1-2H3. The highest BCUT2D eigenvalue weighted by atomic mass is 32.2. The molecule has 0 unspecified atom stereocenters. The van der Waals surface area contributed by atoms with Crippen LogP contribution in [0.3, 0.4) is 0 Å². The fourth-order valence-electron chi connectivity index (χ4n) is 1.16. The van der Waals surface area contributed by atoms with Gasteiger partial charge in [0.25, 0.3) is 0 Å². The first-order valence-corrected chi connectivity index (χ1v) is 6.74. The minimum atomic E-state index is -4.48. The van der Waals surface area contributed by atoms with E-state index in [9.17, 15) is 13.2 Å². The maximum absolute atomic E-state index is 12.4. The molecule has 0 amide bonds. The molecule has 4 nitrogen and oxygen atoms in total. The summed E-state index contributed by atoms with van der Waals surface area (Å²) in [4.78, 5) is 8.12. The van der Waals surface area contributed by atoms with Crippen molar-refractivity contribution in [2.75, 3.05) is 6.26 Å². The Labute approximate surface area is 109 Å². The molecule has 9 heteroatoms. The van der Waals surface area contributed by atoms with Crippen molar-refractivity contribution in [1.29, 1.82) is 0 Å². The van der Waals surface area contributed by atoms with Crippen LogP contribution in [0.5, 0.6) is 0 Å². The molecule has 0 saturated carbocycles. The van der Waals surface area contributed by atoms with E-state index in [0.29, 0.717) is 16.4 Å². The van der Waals surface area contributed by atoms with Gasteiger partial charge in [-0.25, -0.2) is 9.97 Å². The first-order chi connectivity index (χ1) is 8.41. The van der Waals surface area contributed by atoms with Gasteiger partial charge in [0.15, 0.2) is 10.8 Å². The smallest absolute Gasteiger partial charge is 0.234 e. The molecule has 0 aromatic carbocycles. The van der Waals surface area contributed by atoms with Crippen LogP contribution in [0, 0.1) is 6.92 Å². The maximum atomic E-state index is 12.4. The molecule has 0 N–H and O–H groups in total. The zero-order chi connectivity index (χ0) is 13.3. The van der Waals surface area contributed by atoms with Gasteiger partial charge in [-0.05, 0) is 18.7 Å². The Morgan fingerprint density at radius 3 is 2.56 bits per heavy atom. The van der Waals surface area contributed by atoms with Crippen LogP contribution < -0.4 is 0 Å². The molecule has 96 valence electrons. The minimum Gasteiger partial charge on any atom is -0.234 e. The Morgan fingerprint density at radius 2 is 2.00 bits per heavy atom. The van der Waals surface area contributed by atoms with Gasteiger partial charge in [-0.15, -0.1) is 22.0 Å². The SMILES string of the molecule is CSc1nc(-c2nnc(C(F)(F)F)s2)ncc1C.